The van der Waals surface area contributed by atoms with Crippen LogP contribution in [-0.2, 0) is 30.5 Å². The van der Waals surface area contributed by atoms with Crippen molar-refractivity contribution in [3.63, 3.8) is 0 Å². The zero-order chi connectivity index (χ0) is 12.5. The Labute approximate surface area is 109 Å². The minimum atomic E-state index is 0.184. The molecular formula is C16H21NO. The SMILES string of the molecule is CNC(=O)C1CCc2c(ccc3c2CCCC3)C1. The van der Waals surface area contributed by atoms with E-state index in [1.807, 2.05) is 0 Å². The number of hydrogen-bond donors (Lipinski definition) is 1. The van der Waals surface area contributed by atoms with Crippen LogP contribution < -0.4 is 5.32 Å². The van der Waals surface area contributed by atoms with Gasteiger partial charge in [-0.05, 0) is 67.2 Å². The number of amides is 1. The van der Waals surface area contributed by atoms with Crippen molar-refractivity contribution in [3.8, 4) is 0 Å². The van der Waals surface area contributed by atoms with E-state index in [-0.39, 0.29) is 11.8 Å². The van der Waals surface area contributed by atoms with E-state index in [9.17, 15) is 4.79 Å². The zero-order valence-corrected chi connectivity index (χ0v) is 11.1. The highest BCUT2D eigenvalue weighted by Crippen LogP contribution is 2.33. The van der Waals surface area contributed by atoms with Gasteiger partial charge < -0.3 is 5.32 Å². The van der Waals surface area contributed by atoms with Gasteiger partial charge in [-0.3, -0.25) is 4.79 Å². The molecule has 1 aromatic rings. The molecule has 0 aliphatic heterocycles. The molecule has 0 radical (unpaired) electrons. The van der Waals surface area contributed by atoms with Gasteiger partial charge >= 0.3 is 0 Å². The van der Waals surface area contributed by atoms with Crippen LogP contribution in [0.2, 0.25) is 0 Å². The van der Waals surface area contributed by atoms with E-state index in [2.05, 4.69) is 17.4 Å². The standard InChI is InChI=1S/C16H21NO/c1-17-16(18)13-8-9-15-12(10-13)7-6-11-4-2-3-5-14(11)15/h6-7,13H,2-5,8-10H2,1H3,(H,17,18). The number of fused-ring (bicyclic) bond motifs is 3. The molecule has 2 aliphatic rings. The van der Waals surface area contributed by atoms with Gasteiger partial charge in [-0.1, -0.05) is 12.1 Å². The van der Waals surface area contributed by atoms with Crippen molar-refractivity contribution in [2.24, 2.45) is 5.92 Å². The van der Waals surface area contributed by atoms with Gasteiger partial charge in [0.1, 0.15) is 0 Å². The summed E-state index contributed by atoms with van der Waals surface area (Å²) in [6.07, 6.45) is 8.22. The van der Waals surface area contributed by atoms with Crippen LogP contribution in [0.15, 0.2) is 12.1 Å². The predicted octanol–water partition coefficient (Wildman–Crippen LogP) is 2.42. The first kappa shape index (κ1) is 11.8. The number of carbonyl (C=O) groups is 1. The molecule has 2 aliphatic carbocycles. The first-order valence-electron chi connectivity index (χ1n) is 7.13. The topological polar surface area (TPSA) is 29.1 Å². The van der Waals surface area contributed by atoms with E-state index < -0.39 is 0 Å². The van der Waals surface area contributed by atoms with Gasteiger partial charge in [0.05, 0.1) is 0 Å². The lowest BCUT2D eigenvalue weighted by molar-refractivity contribution is -0.124. The highest BCUT2D eigenvalue weighted by atomic mass is 16.1. The van der Waals surface area contributed by atoms with Gasteiger partial charge in [0.15, 0.2) is 0 Å². The summed E-state index contributed by atoms with van der Waals surface area (Å²) in [5, 5.41) is 2.79. The lowest BCUT2D eigenvalue weighted by atomic mass is 9.77. The molecule has 0 bridgehead atoms. The summed E-state index contributed by atoms with van der Waals surface area (Å²) in [7, 11) is 1.74. The molecule has 2 heteroatoms. The number of carbonyl (C=O) groups excluding carboxylic acids is 1. The van der Waals surface area contributed by atoms with E-state index >= 15 is 0 Å². The Bertz CT molecular complexity index is 478. The Morgan fingerprint density at radius 3 is 2.67 bits per heavy atom. The van der Waals surface area contributed by atoms with Crippen LogP contribution in [0.4, 0.5) is 0 Å². The second-order valence-electron chi connectivity index (χ2n) is 5.60. The minimum Gasteiger partial charge on any atom is -0.359 e. The maximum atomic E-state index is 11.8. The summed E-state index contributed by atoms with van der Waals surface area (Å²) in [6.45, 7) is 0. The molecule has 18 heavy (non-hydrogen) atoms. The number of nitrogens with one attached hydrogen (secondary N) is 1. The van der Waals surface area contributed by atoms with Crippen LogP contribution in [0.1, 0.15) is 41.5 Å². The smallest absolute Gasteiger partial charge is 0.223 e. The normalized spacial score (nSPS) is 21.9. The Kier molecular flexibility index (Phi) is 3.11. The Morgan fingerprint density at radius 2 is 1.83 bits per heavy atom. The lowest BCUT2D eigenvalue weighted by Crippen LogP contribution is -2.32. The summed E-state index contributed by atoms with van der Waals surface area (Å²) >= 11 is 0. The maximum absolute atomic E-state index is 11.8. The fourth-order valence-corrected chi connectivity index (χ4v) is 3.57. The summed E-state index contributed by atoms with van der Waals surface area (Å²) in [4.78, 5) is 11.8. The van der Waals surface area contributed by atoms with Crippen LogP contribution in [0.5, 0.6) is 0 Å². The second-order valence-corrected chi connectivity index (χ2v) is 5.60. The second kappa shape index (κ2) is 4.75. The molecule has 1 N–H and O–H groups in total. The molecule has 0 heterocycles. The Balaban J connectivity index is 1.91. The quantitative estimate of drug-likeness (QED) is 0.806. The third kappa shape index (κ3) is 1.94. The minimum absolute atomic E-state index is 0.184. The molecule has 0 aromatic heterocycles. The highest BCUT2D eigenvalue weighted by Gasteiger charge is 2.26. The van der Waals surface area contributed by atoms with Gasteiger partial charge in [0.25, 0.3) is 0 Å². The molecule has 0 saturated heterocycles. The van der Waals surface area contributed by atoms with E-state index in [1.54, 1.807) is 23.7 Å². The fraction of sp³-hybridized carbons (Fsp3) is 0.562. The molecule has 3 rings (SSSR count). The number of hydrogen-bond acceptors (Lipinski definition) is 1. The van der Waals surface area contributed by atoms with E-state index in [0.717, 1.165) is 19.3 Å². The first-order valence-corrected chi connectivity index (χ1v) is 7.13. The number of rotatable bonds is 1. The molecular weight excluding hydrogens is 222 g/mol. The average Bonchev–Trinajstić information content (AvgIpc) is 2.45. The van der Waals surface area contributed by atoms with Crippen LogP contribution >= 0.6 is 0 Å². The average molecular weight is 243 g/mol. The zero-order valence-electron chi connectivity index (χ0n) is 11.1. The van der Waals surface area contributed by atoms with Crippen LogP contribution in [0.3, 0.4) is 0 Å². The molecule has 0 spiro atoms. The summed E-state index contributed by atoms with van der Waals surface area (Å²) in [5.41, 5.74) is 6.19. The molecule has 1 unspecified atom stereocenters. The van der Waals surface area contributed by atoms with E-state index in [1.165, 1.54) is 31.2 Å². The molecule has 1 aromatic carbocycles. The molecule has 1 atom stereocenters. The molecule has 1 amide bonds. The van der Waals surface area contributed by atoms with Crippen LogP contribution in [0, 0.1) is 5.92 Å². The van der Waals surface area contributed by atoms with Crippen molar-refractivity contribution >= 4 is 5.91 Å². The number of aryl methyl sites for hydroxylation is 1. The van der Waals surface area contributed by atoms with Crippen molar-refractivity contribution in [2.75, 3.05) is 7.05 Å². The first-order chi connectivity index (χ1) is 8.79. The monoisotopic (exact) mass is 243 g/mol. The lowest BCUT2D eigenvalue weighted by Gasteiger charge is -2.28. The van der Waals surface area contributed by atoms with Gasteiger partial charge in [-0.2, -0.15) is 0 Å². The Morgan fingerprint density at radius 1 is 1.11 bits per heavy atom. The summed E-state index contributed by atoms with van der Waals surface area (Å²) in [5.74, 6) is 0.391. The fourth-order valence-electron chi connectivity index (χ4n) is 3.57. The highest BCUT2D eigenvalue weighted by molar-refractivity contribution is 5.79. The predicted molar refractivity (Wildman–Crippen MR) is 72.7 cm³/mol. The third-order valence-corrected chi connectivity index (χ3v) is 4.57. The summed E-state index contributed by atoms with van der Waals surface area (Å²) < 4.78 is 0. The van der Waals surface area contributed by atoms with Crippen molar-refractivity contribution in [1.82, 2.24) is 5.32 Å². The maximum Gasteiger partial charge on any atom is 0.223 e. The molecule has 0 saturated carbocycles. The van der Waals surface area contributed by atoms with Crippen molar-refractivity contribution < 1.29 is 4.79 Å². The van der Waals surface area contributed by atoms with Crippen molar-refractivity contribution in [2.45, 2.75) is 44.9 Å². The number of benzene rings is 1. The molecule has 0 fully saturated rings. The third-order valence-electron chi connectivity index (χ3n) is 4.57. The molecule has 96 valence electrons. The van der Waals surface area contributed by atoms with Gasteiger partial charge in [-0.15, -0.1) is 0 Å². The van der Waals surface area contributed by atoms with Gasteiger partial charge in [-0.25, -0.2) is 0 Å². The molecule has 2 nitrogen and oxygen atoms in total. The largest absolute Gasteiger partial charge is 0.359 e. The van der Waals surface area contributed by atoms with Crippen molar-refractivity contribution in [1.29, 1.82) is 0 Å². The van der Waals surface area contributed by atoms with Crippen molar-refractivity contribution in [3.05, 3.63) is 34.4 Å². The van der Waals surface area contributed by atoms with E-state index in [0.29, 0.717) is 0 Å². The van der Waals surface area contributed by atoms with Gasteiger partial charge in [0.2, 0.25) is 5.91 Å². The Hall–Kier alpha value is -1.31. The van der Waals surface area contributed by atoms with E-state index in [4.69, 9.17) is 0 Å². The summed E-state index contributed by atoms with van der Waals surface area (Å²) in [6, 6.07) is 4.58. The van der Waals surface area contributed by atoms with Gasteiger partial charge in [0, 0.05) is 13.0 Å². The van der Waals surface area contributed by atoms with Crippen LogP contribution in [-0.4, -0.2) is 13.0 Å². The van der Waals surface area contributed by atoms with Crippen LogP contribution in [0.25, 0.3) is 0 Å².